The molecular formula is C10H18N4O3. The van der Waals surface area contributed by atoms with Crippen LogP contribution >= 0.6 is 0 Å². The molecule has 1 saturated heterocycles. The third-order valence-electron chi connectivity index (χ3n) is 2.39. The van der Waals surface area contributed by atoms with E-state index in [1.54, 1.807) is 20.8 Å². The second kappa shape index (κ2) is 5.25. The zero-order valence-corrected chi connectivity index (χ0v) is 10.6. The average molecular weight is 242 g/mol. The van der Waals surface area contributed by atoms with Gasteiger partial charge < -0.3 is 14.4 Å². The number of amides is 1. The molecule has 0 aliphatic carbocycles. The van der Waals surface area contributed by atoms with Gasteiger partial charge in [0.15, 0.2) is 0 Å². The smallest absolute Gasteiger partial charge is 0.410 e. The molecule has 0 aromatic rings. The molecule has 1 rings (SSSR count). The standard InChI is InChI=1S/C10H18N4O3/c1-10(2,3)17-9(15)14-5-7(12-13-11)8(6-14)16-4/h7-8H,5-6H2,1-4H3/t7-,8+/m0/s1. The Labute approximate surface area is 100 Å². The molecule has 0 unspecified atom stereocenters. The highest BCUT2D eigenvalue weighted by atomic mass is 16.6. The molecule has 17 heavy (non-hydrogen) atoms. The molecule has 1 fully saturated rings. The lowest BCUT2D eigenvalue weighted by molar-refractivity contribution is 0.0252. The van der Waals surface area contributed by atoms with E-state index in [1.165, 1.54) is 12.0 Å². The summed E-state index contributed by atoms with van der Waals surface area (Å²) in [4.78, 5) is 16.0. The van der Waals surface area contributed by atoms with Crippen molar-refractivity contribution in [1.29, 1.82) is 0 Å². The van der Waals surface area contributed by atoms with Crippen molar-refractivity contribution in [3.8, 4) is 0 Å². The molecule has 0 radical (unpaired) electrons. The Morgan fingerprint density at radius 1 is 1.47 bits per heavy atom. The van der Waals surface area contributed by atoms with Gasteiger partial charge >= 0.3 is 6.09 Å². The Morgan fingerprint density at radius 3 is 2.59 bits per heavy atom. The molecule has 2 atom stereocenters. The highest BCUT2D eigenvalue weighted by molar-refractivity contribution is 5.68. The van der Waals surface area contributed by atoms with E-state index in [2.05, 4.69) is 10.0 Å². The minimum Gasteiger partial charge on any atom is -0.444 e. The van der Waals surface area contributed by atoms with E-state index < -0.39 is 11.7 Å². The summed E-state index contributed by atoms with van der Waals surface area (Å²) in [6.07, 6.45) is -0.673. The SMILES string of the molecule is CO[C@@H]1CN(C(=O)OC(C)(C)C)C[C@@H]1N=[N+]=[N-]. The van der Waals surface area contributed by atoms with Crippen molar-refractivity contribution < 1.29 is 14.3 Å². The van der Waals surface area contributed by atoms with Crippen LogP contribution in [0.5, 0.6) is 0 Å². The Bertz CT molecular complexity index is 333. The summed E-state index contributed by atoms with van der Waals surface area (Å²) in [5.41, 5.74) is 7.89. The van der Waals surface area contributed by atoms with E-state index in [4.69, 9.17) is 15.0 Å². The summed E-state index contributed by atoms with van der Waals surface area (Å²) in [6.45, 7) is 6.13. The topological polar surface area (TPSA) is 87.5 Å². The van der Waals surface area contributed by atoms with Crippen molar-refractivity contribution >= 4 is 6.09 Å². The molecule has 0 aromatic carbocycles. The molecular weight excluding hydrogens is 224 g/mol. The van der Waals surface area contributed by atoms with Crippen LogP contribution < -0.4 is 0 Å². The quantitative estimate of drug-likeness (QED) is 0.421. The molecule has 0 bridgehead atoms. The van der Waals surface area contributed by atoms with Gasteiger partial charge in [-0.1, -0.05) is 5.11 Å². The first kappa shape index (κ1) is 13.6. The number of hydrogen-bond acceptors (Lipinski definition) is 4. The fraction of sp³-hybridized carbons (Fsp3) is 0.900. The maximum absolute atomic E-state index is 11.8. The van der Waals surface area contributed by atoms with E-state index in [0.29, 0.717) is 13.1 Å². The molecule has 7 nitrogen and oxygen atoms in total. The van der Waals surface area contributed by atoms with Gasteiger partial charge in [-0.05, 0) is 26.3 Å². The van der Waals surface area contributed by atoms with Gasteiger partial charge in [0.25, 0.3) is 0 Å². The van der Waals surface area contributed by atoms with Gasteiger partial charge in [-0.25, -0.2) is 4.79 Å². The van der Waals surface area contributed by atoms with Crippen LogP contribution in [0.25, 0.3) is 10.4 Å². The lowest BCUT2D eigenvalue weighted by atomic mass is 10.2. The number of ether oxygens (including phenoxy) is 2. The minimum absolute atomic E-state index is 0.265. The van der Waals surface area contributed by atoms with Gasteiger partial charge in [0, 0.05) is 18.6 Å². The summed E-state index contributed by atoms with van der Waals surface area (Å²) < 4.78 is 10.4. The average Bonchev–Trinajstić information content (AvgIpc) is 2.59. The number of hydrogen-bond donors (Lipinski definition) is 0. The summed E-state index contributed by atoms with van der Waals surface area (Å²) in [7, 11) is 1.53. The van der Waals surface area contributed by atoms with E-state index in [-0.39, 0.29) is 12.1 Å². The van der Waals surface area contributed by atoms with Crippen molar-refractivity contribution in [2.45, 2.75) is 38.5 Å². The van der Waals surface area contributed by atoms with Crippen LogP contribution in [0.1, 0.15) is 20.8 Å². The van der Waals surface area contributed by atoms with Crippen molar-refractivity contribution in [1.82, 2.24) is 4.90 Å². The Kier molecular flexibility index (Phi) is 4.20. The van der Waals surface area contributed by atoms with Crippen LogP contribution in [-0.2, 0) is 9.47 Å². The van der Waals surface area contributed by atoms with Crippen LogP contribution in [-0.4, -0.2) is 48.9 Å². The molecule has 7 heteroatoms. The van der Waals surface area contributed by atoms with Crippen molar-refractivity contribution in [3.05, 3.63) is 10.4 Å². The van der Waals surface area contributed by atoms with E-state index in [9.17, 15) is 4.79 Å². The van der Waals surface area contributed by atoms with Crippen molar-refractivity contribution in [2.24, 2.45) is 5.11 Å². The highest BCUT2D eigenvalue weighted by Gasteiger charge is 2.36. The molecule has 1 amide bonds. The minimum atomic E-state index is -0.532. The first-order valence-electron chi connectivity index (χ1n) is 5.42. The van der Waals surface area contributed by atoms with Crippen LogP contribution in [0.15, 0.2) is 5.11 Å². The summed E-state index contributed by atoms with van der Waals surface area (Å²) in [5.74, 6) is 0. The predicted molar refractivity (Wildman–Crippen MR) is 61.5 cm³/mol. The van der Waals surface area contributed by atoms with Gasteiger partial charge in [0.1, 0.15) is 5.60 Å². The van der Waals surface area contributed by atoms with Crippen LogP contribution in [0, 0.1) is 0 Å². The van der Waals surface area contributed by atoms with E-state index in [0.717, 1.165) is 0 Å². The number of likely N-dealkylation sites (tertiary alicyclic amines) is 1. The number of carbonyl (C=O) groups is 1. The van der Waals surface area contributed by atoms with Gasteiger partial charge in [-0.15, -0.1) is 0 Å². The largest absolute Gasteiger partial charge is 0.444 e. The number of nitrogens with zero attached hydrogens (tertiary/aromatic N) is 4. The number of rotatable bonds is 2. The third kappa shape index (κ3) is 3.80. The normalized spacial score (nSPS) is 24.4. The monoisotopic (exact) mass is 242 g/mol. The molecule has 1 aliphatic heterocycles. The first-order valence-corrected chi connectivity index (χ1v) is 5.42. The van der Waals surface area contributed by atoms with Crippen LogP contribution in [0.3, 0.4) is 0 Å². The highest BCUT2D eigenvalue weighted by Crippen LogP contribution is 2.19. The second-order valence-electron chi connectivity index (χ2n) is 4.93. The van der Waals surface area contributed by atoms with Crippen LogP contribution in [0.4, 0.5) is 4.79 Å². The maximum atomic E-state index is 11.8. The van der Waals surface area contributed by atoms with E-state index >= 15 is 0 Å². The van der Waals surface area contributed by atoms with Crippen LogP contribution in [0.2, 0.25) is 0 Å². The summed E-state index contributed by atoms with van der Waals surface area (Å²) in [5, 5.41) is 3.61. The fourth-order valence-electron chi connectivity index (χ4n) is 1.64. The zero-order chi connectivity index (χ0) is 13.1. The summed E-state index contributed by atoms with van der Waals surface area (Å²) in [6, 6.07) is -0.350. The molecule has 1 aliphatic rings. The van der Waals surface area contributed by atoms with Gasteiger partial charge in [0.2, 0.25) is 0 Å². The molecule has 1 heterocycles. The number of azide groups is 1. The first-order chi connectivity index (χ1) is 7.87. The third-order valence-corrected chi connectivity index (χ3v) is 2.39. The number of carbonyl (C=O) groups excluding carboxylic acids is 1. The maximum Gasteiger partial charge on any atom is 0.410 e. The van der Waals surface area contributed by atoms with E-state index in [1.807, 2.05) is 0 Å². The Balaban J connectivity index is 2.64. The number of methoxy groups -OCH3 is 1. The molecule has 0 aromatic heterocycles. The van der Waals surface area contributed by atoms with Gasteiger partial charge in [0.05, 0.1) is 18.7 Å². The molecule has 0 saturated carbocycles. The Morgan fingerprint density at radius 2 is 2.12 bits per heavy atom. The lowest BCUT2D eigenvalue weighted by Crippen LogP contribution is -2.36. The zero-order valence-electron chi connectivity index (χ0n) is 10.6. The molecule has 0 N–H and O–H groups in total. The van der Waals surface area contributed by atoms with Crippen molar-refractivity contribution in [3.63, 3.8) is 0 Å². The van der Waals surface area contributed by atoms with Crippen molar-refractivity contribution in [2.75, 3.05) is 20.2 Å². The van der Waals surface area contributed by atoms with Gasteiger partial charge in [-0.3, -0.25) is 0 Å². The predicted octanol–water partition coefficient (Wildman–Crippen LogP) is 1.93. The second-order valence-corrected chi connectivity index (χ2v) is 4.93. The summed E-state index contributed by atoms with van der Waals surface area (Å²) >= 11 is 0. The van der Waals surface area contributed by atoms with Gasteiger partial charge in [-0.2, -0.15) is 0 Å². The Hall–Kier alpha value is -1.46. The molecule has 0 spiro atoms. The lowest BCUT2D eigenvalue weighted by Gasteiger charge is -2.24. The fourth-order valence-corrected chi connectivity index (χ4v) is 1.64. The molecule has 96 valence electrons.